The van der Waals surface area contributed by atoms with E-state index in [-0.39, 0.29) is 23.4 Å². The van der Waals surface area contributed by atoms with Crippen LogP contribution in [0.5, 0.6) is 5.88 Å². The number of aromatic nitrogens is 1. The molecule has 10 heteroatoms. The van der Waals surface area contributed by atoms with Gasteiger partial charge in [0, 0.05) is 42.0 Å². The molecule has 2 aromatic carbocycles. The first kappa shape index (κ1) is 22.7. The van der Waals surface area contributed by atoms with Crippen molar-refractivity contribution in [1.29, 1.82) is 0 Å². The van der Waals surface area contributed by atoms with E-state index in [1.165, 1.54) is 19.4 Å². The summed E-state index contributed by atoms with van der Waals surface area (Å²) in [5, 5.41) is 0. The minimum Gasteiger partial charge on any atom is -0.481 e. The fraction of sp³-hybridized carbons (Fsp3) is 0.190. The summed E-state index contributed by atoms with van der Waals surface area (Å²) in [4.78, 5) is 4.10. The van der Waals surface area contributed by atoms with Crippen molar-refractivity contribution in [3.63, 3.8) is 0 Å². The van der Waals surface area contributed by atoms with Crippen molar-refractivity contribution in [1.82, 2.24) is 9.71 Å². The number of nitrogens with two attached hydrogens (primary N) is 1. The van der Waals surface area contributed by atoms with Gasteiger partial charge >= 0.3 is 0 Å². The summed E-state index contributed by atoms with van der Waals surface area (Å²) < 4.78 is 73.4. The molecule has 0 aliphatic heterocycles. The van der Waals surface area contributed by atoms with Gasteiger partial charge in [-0.1, -0.05) is 18.2 Å². The monoisotopic (exact) mass is 451 g/mol. The molecular weight excluding hydrogens is 431 g/mol. The highest BCUT2D eigenvalue weighted by atomic mass is 32.2. The van der Waals surface area contributed by atoms with Gasteiger partial charge in [0.15, 0.2) is 11.6 Å². The molecule has 0 unspecified atom stereocenters. The third-order valence-electron chi connectivity index (χ3n) is 4.54. The first-order valence-electron chi connectivity index (χ1n) is 9.19. The molecule has 3 rings (SSSR count). The van der Waals surface area contributed by atoms with E-state index >= 15 is 0 Å². The van der Waals surface area contributed by atoms with Crippen molar-refractivity contribution in [3.8, 4) is 17.0 Å². The number of benzene rings is 2. The highest BCUT2D eigenvalue weighted by molar-refractivity contribution is 7.89. The van der Waals surface area contributed by atoms with Gasteiger partial charge in [0.25, 0.3) is 0 Å². The molecule has 0 bridgehead atoms. The maximum Gasteiger partial charge on any atom is 0.241 e. The van der Waals surface area contributed by atoms with Gasteiger partial charge in [0.2, 0.25) is 15.9 Å². The molecule has 0 radical (unpaired) electrons. The molecule has 6 nitrogen and oxygen atoms in total. The number of rotatable bonds is 8. The molecule has 0 saturated heterocycles. The van der Waals surface area contributed by atoms with Crippen molar-refractivity contribution in [3.05, 3.63) is 77.7 Å². The van der Waals surface area contributed by atoms with Crippen molar-refractivity contribution in [2.45, 2.75) is 17.4 Å². The minimum absolute atomic E-state index is 0.00757. The molecule has 0 saturated carbocycles. The number of ether oxygens (including phenoxy) is 1. The van der Waals surface area contributed by atoms with Crippen LogP contribution < -0.4 is 15.2 Å². The summed E-state index contributed by atoms with van der Waals surface area (Å²) in [6.07, 6.45) is 1.31. The van der Waals surface area contributed by atoms with Crippen molar-refractivity contribution >= 4 is 10.0 Å². The molecule has 0 aliphatic carbocycles. The molecule has 0 amide bonds. The number of halogens is 3. The molecule has 3 aromatic rings. The largest absolute Gasteiger partial charge is 0.481 e. The number of hydrogen-bond acceptors (Lipinski definition) is 5. The SMILES string of the molecule is COc1ccc(-c2ccccc2S(=O)(=O)NC[C@H](N)Cc2cc(F)c(F)cc2F)cn1. The van der Waals surface area contributed by atoms with Crippen LogP contribution in [0.3, 0.4) is 0 Å². The van der Waals surface area contributed by atoms with Crippen LogP contribution in [0.4, 0.5) is 13.2 Å². The number of pyridine rings is 1. The Hall–Kier alpha value is -2.95. The van der Waals surface area contributed by atoms with Gasteiger partial charge in [-0.05, 0) is 30.2 Å². The van der Waals surface area contributed by atoms with Crippen LogP contribution in [0.15, 0.2) is 59.6 Å². The Morgan fingerprint density at radius 1 is 1.06 bits per heavy atom. The molecule has 164 valence electrons. The summed E-state index contributed by atoms with van der Waals surface area (Å²) in [7, 11) is -2.51. The van der Waals surface area contributed by atoms with Crippen molar-refractivity contribution < 1.29 is 26.3 Å². The average molecular weight is 451 g/mol. The van der Waals surface area contributed by atoms with E-state index < -0.39 is 33.5 Å². The van der Waals surface area contributed by atoms with Crippen molar-refractivity contribution in [2.24, 2.45) is 5.73 Å². The van der Waals surface area contributed by atoms with E-state index in [1.54, 1.807) is 30.3 Å². The summed E-state index contributed by atoms with van der Waals surface area (Å²) in [6, 6.07) is 9.89. The molecule has 31 heavy (non-hydrogen) atoms. The highest BCUT2D eigenvalue weighted by Gasteiger charge is 2.21. The minimum atomic E-state index is -3.98. The van der Waals surface area contributed by atoms with Gasteiger partial charge in [-0.2, -0.15) is 0 Å². The number of nitrogens with zero attached hydrogens (tertiary/aromatic N) is 1. The molecular formula is C21H20F3N3O3S. The van der Waals surface area contributed by atoms with E-state index in [1.807, 2.05) is 0 Å². The Kier molecular flexibility index (Phi) is 6.94. The predicted molar refractivity (Wildman–Crippen MR) is 109 cm³/mol. The lowest BCUT2D eigenvalue weighted by Gasteiger charge is -2.16. The van der Waals surface area contributed by atoms with E-state index in [0.29, 0.717) is 29.1 Å². The van der Waals surface area contributed by atoms with Crippen LogP contribution in [-0.2, 0) is 16.4 Å². The zero-order valence-electron chi connectivity index (χ0n) is 16.5. The standard InChI is InChI=1S/C21H20F3N3O3S/c1-30-21-7-6-13(11-26-21)16-4-2-3-5-20(16)31(28,29)27-12-15(25)8-14-9-18(23)19(24)10-17(14)22/h2-7,9-11,15,27H,8,12,25H2,1H3/t15-/m1/s1. The Labute approximate surface area is 177 Å². The number of methoxy groups -OCH3 is 1. The number of hydrogen-bond donors (Lipinski definition) is 2. The Morgan fingerprint density at radius 3 is 2.45 bits per heavy atom. The Balaban J connectivity index is 1.76. The van der Waals surface area contributed by atoms with Crippen LogP contribution in [-0.4, -0.2) is 33.1 Å². The maximum atomic E-state index is 13.8. The zero-order valence-corrected chi connectivity index (χ0v) is 17.3. The highest BCUT2D eigenvalue weighted by Crippen LogP contribution is 2.27. The Morgan fingerprint density at radius 2 is 1.77 bits per heavy atom. The van der Waals surface area contributed by atoms with Gasteiger partial charge < -0.3 is 10.5 Å². The fourth-order valence-corrected chi connectivity index (χ4v) is 4.29. The van der Waals surface area contributed by atoms with Crippen LogP contribution in [0.25, 0.3) is 11.1 Å². The van der Waals surface area contributed by atoms with Crippen LogP contribution in [0, 0.1) is 17.5 Å². The lowest BCUT2D eigenvalue weighted by molar-refractivity contribution is 0.398. The second-order valence-electron chi connectivity index (χ2n) is 6.76. The van der Waals surface area contributed by atoms with Gasteiger partial charge in [0.1, 0.15) is 5.82 Å². The summed E-state index contributed by atoms with van der Waals surface area (Å²) in [6.45, 7) is -0.240. The van der Waals surface area contributed by atoms with E-state index in [9.17, 15) is 21.6 Å². The summed E-state index contributed by atoms with van der Waals surface area (Å²) in [5.41, 5.74) is 6.74. The molecule has 0 aliphatic rings. The topological polar surface area (TPSA) is 94.3 Å². The van der Waals surface area contributed by atoms with Crippen molar-refractivity contribution in [2.75, 3.05) is 13.7 Å². The molecule has 1 atom stereocenters. The third kappa shape index (κ3) is 5.40. The molecule has 0 fully saturated rings. The van der Waals surface area contributed by atoms with Crippen LogP contribution >= 0.6 is 0 Å². The Bertz CT molecular complexity index is 1170. The van der Waals surface area contributed by atoms with Gasteiger partial charge in [0.05, 0.1) is 12.0 Å². The molecule has 1 heterocycles. The van der Waals surface area contributed by atoms with Crippen LogP contribution in [0.2, 0.25) is 0 Å². The van der Waals surface area contributed by atoms with E-state index in [2.05, 4.69) is 9.71 Å². The first-order chi connectivity index (χ1) is 14.7. The maximum absolute atomic E-state index is 13.8. The second kappa shape index (κ2) is 9.46. The van der Waals surface area contributed by atoms with Gasteiger partial charge in [-0.25, -0.2) is 31.3 Å². The second-order valence-corrected chi connectivity index (χ2v) is 8.49. The molecule has 0 spiro atoms. The zero-order chi connectivity index (χ0) is 22.6. The van der Waals surface area contributed by atoms with E-state index in [0.717, 1.165) is 0 Å². The van der Waals surface area contributed by atoms with Gasteiger partial charge in [-0.15, -0.1) is 0 Å². The fourth-order valence-electron chi connectivity index (χ4n) is 2.97. The number of nitrogens with one attached hydrogen (secondary N) is 1. The summed E-state index contributed by atoms with van der Waals surface area (Å²) in [5.74, 6) is -3.07. The van der Waals surface area contributed by atoms with E-state index in [4.69, 9.17) is 10.5 Å². The van der Waals surface area contributed by atoms with Gasteiger partial charge in [-0.3, -0.25) is 0 Å². The molecule has 3 N–H and O–H groups in total. The average Bonchev–Trinajstić information content (AvgIpc) is 2.76. The first-order valence-corrected chi connectivity index (χ1v) is 10.7. The third-order valence-corrected chi connectivity index (χ3v) is 6.02. The lowest BCUT2D eigenvalue weighted by Crippen LogP contribution is -2.38. The predicted octanol–water partition coefficient (Wildman–Crippen LogP) is 3.02. The lowest BCUT2D eigenvalue weighted by atomic mass is 10.1. The summed E-state index contributed by atoms with van der Waals surface area (Å²) >= 11 is 0. The molecule has 1 aromatic heterocycles. The quantitative estimate of drug-likeness (QED) is 0.514. The normalized spacial score (nSPS) is 12.5. The van der Waals surface area contributed by atoms with Crippen LogP contribution in [0.1, 0.15) is 5.56 Å². The number of sulfonamides is 1. The smallest absolute Gasteiger partial charge is 0.241 e.